The first-order valence-corrected chi connectivity index (χ1v) is 6.06. The van der Waals surface area contributed by atoms with Crippen molar-refractivity contribution in [1.29, 1.82) is 0 Å². The van der Waals surface area contributed by atoms with Gasteiger partial charge in [-0.3, -0.25) is 14.9 Å². The molecular formula is C15H14N2O3. The molecule has 0 atom stereocenters. The summed E-state index contributed by atoms with van der Waals surface area (Å²) in [5, 5.41) is 11.1. The summed E-state index contributed by atoms with van der Waals surface area (Å²) in [6.07, 6.45) is 0. The van der Waals surface area contributed by atoms with Gasteiger partial charge in [0.05, 0.1) is 4.92 Å². The highest BCUT2D eigenvalue weighted by atomic mass is 16.6. The highest BCUT2D eigenvalue weighted by Crippen LogP contribution is 2.26. The normalized spacial score (nSPS) is 10.1. The zero-order chi connectivity index (χ0) is 14.7. The second-order valence-electron chi connectivity index (χ2n) is 4.55. The van der Waals surface area contributed by atoms with E-state index in [4.69, 9.17) is 0 Å². The first-order chi connectivity index (χ1) is 9.50. The second-order valence-corrected chi connectivity index (χ2v) is 4.55. The molecule has 5 nitrogen and oxygen atoms in total. The number of hydrogen-bond donors (Lipinski definition) is 0. The maximum absolute atomic E-state index is 12.4. The zero-order valence-electron chi connectivity index (χ0n) is 11.2. The second kappa shape index (κ2) is 5.52. The van der Waals surface area contributed by atoms with Crippen molar-refractivity contribution in [1.82, 2.24) is 0 Å². The molecule has 0 fully saturated rings. The van der Waals surface area contributed by atoms with Crippen LogP contribution in [0.3, 0.4) is 0 Å². The predicted molar refractivity (Wildman–Crippen MR) is 77.3 cm³/mol. The first kappa shape index (κ1) is 13.7. The monoisotopic (exact) mass is 270 g/mol. The molecule has 20 heavy (non-hydrogen) atoms. The van der Waals surface area contributed by atoms with E-state index in [1.807, 2.05) is 14.1 Å². The van der Waals surface area contributed by atoms with E-state index >= 15 is 0 Å². The zero-order valence-corrected chi connectivity index (χ0v) is 11.2. The highest BCUT2D eigenvalue weighted by molar-refractivity contribution is 6.12. The molecule has 0 spiro atoms. The number of nitro groups is 1. The lowest BCUT2D eigenvalue weighted by molar-refractivity contribution is -0.385. The summed E-state index contributed by atoms with van der Waals surface area (Å²) in [4.78, 5) is 24.8. The number of nitro benzene ring substituents is 1. The Balaban J connectivity index is 2.56. The van der Waals surface area contributed by atoms with E-state index in [2.05, 4.69) is 0 Å². The average molecular weight is 270 g/mol. The van der Waals surface area contributed by atoms with Crippen LogP contribution in [0.1, 0.15) is 15.9 Å². The molecule has 0 aliphatic carbocycles. The van der Waals surface area contributed by atoms with Gasteiger partial charge < -0.3 is 4.90 Å². The molecule has 0 N–H and O–H groups in total. The van der Waals surface area contributed by atoms with Gasteiger partial charge in [-0.2, -0.15) is 0 Å². The summed E-state index contributed by atoms with van der Waals surface area (Å²) in [5.41, 5.74) is 1.11. The molecule has 102 valence electrons. The van der Waals surface area contributed by atoms with Crippen LogP contribution in [-0.2, 0) is 0 Å². The number of nitrogens with zero attached hydrogens (tertiary/aromatic N) is 2. The van der Waals surface area contributed by atoms with Crippen LogP contribution < -0.4 is 4.90 Å². The largest absolute Gasteiger partial charge is 0.378 e. The minimum atomic E-state index is -0.532. The van der Waals surface area contributed by atoms with Gasteiger partial charge in [-0.05, 0) is 12.1 Å². The van der Waals surface area contributed by atoms with Gasteiger partial charge in [0.25, 0.3) is 5.69 Å². The highest BCUT2D eigenvalue weighted by Gasteiger charge is 2.22. The van der Waals surface area contributed by atoms with Gasteiger partial charge in [0.15, 0.2) is 5.78 Å². The number of rotatable bonds is 4. The molecule has 0 amide bonds. The molecule has 0 aromatic heterocycles. The smallest absolute Gasteiger partial charge is 0.280 e. The molecule has 0 heterocycles. The van der Waals surface area contributed by atoms with Crippen LogP contribution in [0.5, 0.6) is 0 Å². The van der Waals surface area contributed by atoms with E-state index in [0.29, 0.717) is 5.56 Å². The summed E-state index contributed by atoms with van der Waals surface area (Å²) < 4.78 is 0. The maximum Gasteiger partial charge on any atom is 0.280 e. The topological polar surface area (TPSA) is 63.4 Å². The van der Waals surface area contributed by atoms with E-state index in [1.165, 1.54) is 6.07 Å². The van der Waals surface area contributed by atoms with E-state index in [0.717, 1.165) is 5.69 Å². The molecule has 0 unspecified atom stereocenters. The lowest BCUT2D eigenvalue weighted by Crippen LogP contribution is -2.11. The van der Waals surface area contributed by atoms with Crippen molar-refractivity contribution in [2.75, 3.05) is 19.0 Å². The van der Waals surface area contributed by atoms with E-state index < -0.39 is 4.92 Å². The number of carbonyl (C=O) groups excluding carboxylic acids is 1. The fourth-order valence-corrected chi connectivity index (χ4v) is 1.89. The fraction of sp³-hybridized carbons (Fsp3) is 0.133. The molecule has 2 rings (SSSR count). The lowest BCUT2D eigenvalue weighted by Gasteiger charge is -2.13. The molecule has 0 saturated heterocycles. The minimum absolute atomic E-state index is 0.104. The fourth-order valence-electron chi connectivity index (χ4n) is 1.89. The number of benzene rings is 2. The Bertz CT molecular complexity index is 651. The van der Waals surface area contributed by atoms with Gasteiger partial charge in [-0.25, -0.2) is 0 Å². The van der Waals surface area contributed by atoms with Gasteiger partial charge in [0, 0.05) is 31.4 Å². The third-order valence-corrected chi connectivity index (χ3v) is 2.97. The van der Waals surface area contributed by atoms with Crippen molar-refractivity contribution in [3.05, 3.63) is 69.8 Å². The van der Waals surface area contributed by atoms with Crippen molar-refractivity contribution in [2.24, 2.45) is 0 Å². The van der Waals surface area contributed by atoms with Crippen LogP contribution in [-0.4, -0.2) is 24.8 Å². The molecule has 2 aromatic rings. The lowest BCUT2D eigenvalue weighted by atomic mass is 10.0. The molecule has 0 bridgehead atoms. The molecule has 2 aromatic carbocycles. The summed E-state index contributed by atoms with van der Waals surface area (Å²) in [5.74, 6) is -0.346. The standard InChI is InChI=1S/C15H14N2O3/c1-16(2)12-8-9-14(17(19)20)13(10-12)15(18)11-6-4-3-5-7-11/h3-10H,1-2H3. The van der Waals surface area contributed by atoms with Crippen molar-refractivity contribution in [3.63, 3.8) is 0 Å². The molecule has 0 radical (unpaired) electrons. The van der Waals surface area contributed by atoms with E-state index in [-0.39, 0.29) is 17.0 Å². The van der Waals surface area contributed by atoms with Crippen LogP contribution in [0, 0.1) is 10.1 Å². The van der Waals surface area contributed by atoms with Gasteiger partial charge in [-0.1, -0.05) is 30.3 Å². The number of anilines is 1. The molecule has 0 saturated carbocycles. The van der Waals surface area contributed by atoms with Crippen LogP contribution in [0.25, 0.3) is 0 Å². The Kier molecular flexibility index (Phi) is 3.79. The third kappa shape index (κ3) is 2.66. The summed E-state index contributed by atoms with van der Waals surface area (Å²) in [7, 11) is 3.63. The van der Waals surface area contributed by atoms with Gasteiger partial charge in [0.2, 0.25) is 0 Å². The van der Waals surface area contributed by atoms with E-state index in [1.54, 1.807) is 47.4 Å². The summed E-state index contributed by atoms with van der Waals surface area (Å²) in [6.45, 7) is 0. The average Bonchev–Trinajstić information content (AvgIpc) is 2.46. The summed E-state index contributed by atoms with van der Waals surface area (Å²) >= 11 is 0. The number of carbonyl (C=O) groups is 1. The Hall–Kier alpha value is -2.69. The predicted octanol–water partition coefficient (Wildman–Crippen LogP) is 2.89. The van der Waals surface area contributed by atoms with Crippen molar-refractivity contribution >= 4 is 17.2 Å². The Morgan fingerprint density at radius 1 is 1.10 bits per heavy atom. The SMILES string of the molecule is CN(C)c1ccc([N+](=O)[O-])c(C(=O)c2ccccc2)c1. The third-order valence-electron chi connectivity index (χ3n) is 2.97. The van der Waals surface area contributed by atoms with Crippen LogP contribution in [0.15, 0.2) is 48.5 Å². The Morgan fingerprint density at radius 2 is 1.75 bits per heavy atom. The summed E-state index contributed by atoms with van der Waals surface area (Å²) in [6, 6.07) is 13.1. The number of hydrogen-bond acceptors (Lipinski definition) is 4. The molecule has 5 heteroatoms. The van der Waals surface area contributed by atoms with Gasteiger partial charge >= 0.3 is 0 Å². The number of ketones is 1. The van der Waals surface area contributed by atoms with Gasteiger partial charge in [0.1, 0.15) is 5.56 Å². The minimum Gasteiger partial charge on any atom is -0.378 e. The van der Waals surface area contributed by atoms with Crippen LogP contribution >= 0.6 is 0 Å². The first-order valence-electron chi connectivity index (χ1n) is 6.06. The van der Waals surface area contributed by atoms with Crippen molar-refractivity contribution in [2.45, 2.75) is 0 Å². The quantitative estimate of drug-likeness (QED) is 0.487. The van der Waals surface area contributed by atoms with Gasteiger partial charge in [-0.15, -0.1) is 0 Å². The van der Waals surface area contributed by atoms with Crippen molar-refractivity contribution < 1.29 is 9.72 Å². The van der Waals surface area contributed by atoms with E-state index in [9.17, 15) is 14.9 Å². The molecule has 0 aliphatic heterocycles. The Labute approximate surface area is 116 Å². The van der Waals surface area contributed by atoms with Crippen molar-refractivity contribution in [3.8, 4) is 0 Å². The van der Waals surface area contributed by atoms with Crippen LogP contribution in [0.2, 0.25) is 0 Å². The Morgan fingerprint density at radius 3 is 2.30 bits per heavy atom. The van der Waals surface area contributed by atoms with Crippen LogP contribution in [0.4, 0.5) is 11.4 Å². The molecule has 0 aliphatic rings. The maximum atomic E-state index is 12.4. The molecular weight excluding hydrogens is 256 g/mol.